The van der Waals surface area contributed by atoms with Crippen LogP contribution in [0.4, 0.5) is 0 Å². The van der Waals surface area contributed by atoms with E-state index in [2.05, 4.69) is 21.3 Å². The third-order valence-corrected chi connectivity index (χ3v) is 22.0. The highest BCUT2D eigenvalue weighted by Gasteiger charge is 2.62. The molecule has 0 unspecified atom stereocenters. The molecule has 0 spiro atoms. The lowest BCUT2D eigenvalue weighted by molar-refractivity contribution is -0.412. The molecule has 49 atom stereocenters. The molecule has 53 nitrogen and oxygen atoms in total. The Balaban J connectivity index is 1.05. The summed E-state index contributed by atoms with van der Waals surface area (Å²) in [5.41, 5.74) is 0. The molecule has 10 aliphatic rings. The molecule has 10 rings (SSSR count). The van der Waals surface area contributed by atoms with Crippen molar-refractivity contribution < 1.29 is 242 Å². The van der Waals surface area contributed by atoms with Gasteiger partial charge in [0.25, 0.3) is 0 Å². The molecule has 10 aliphatic heterocycles. The summed E-state index contributed by atoms with van der Waals surface area (Å²) in [6.45, 7) is -5.08. The van der Waals surface area contributed by atoms with Crippen LogP contribution in [0.3, 0.4) is 0 Å². The lowest BCUT2D eigenvalue weighted by Crippen LogP contribution is -2.71. The van der Waals surface area contributed by atoms with E-state index in [-0.39, 0.29) is 0 Å². The fourth-order valence-corrected chi connectivity index (χ4v) is 15.6. The van der Waals surface area contributed by atoms with Crippen molar-refractivity contribution in [1.29, 1.82) is 0 Å². The van der Waals surface area contributed by atoms with E-state index in [0.29, 0.717) is 0 Å². The first-order chi connectivity index (χ1) is 56.8. The molecule has 0 aromatic rings. The van der Waals surface area contributed by atoms with Crippen molar-refractivity contribution >= 4 is 23.6 Å². The van der Waals surface area contributed by atoms with Gasteiger partial charge in [0.1, 0.15) is 232 Å². The molecule has 4 amide bonds. The Morgan fingerprint density at radius 2 is 0.592 bits per heavy atom. The van der Waals surface area contributed by atoms with E-state index in [1.807, 2.05) is 0 Å². The predicted molar refractivity (Wildman–Crippen MR) is 369 cm³/mol. The Hall–Kier alpha value is -3.92. The second-order valence-electron chi connectivity index (χ2n) is 30.5. The first-order valence-corrected chi connectivity index (χ1v) is 38.4. The van der Waals surface area contributed by atoms with Crippen LogP contribution in [0.25, 0.3) is 0 Å². The summed E-state index contributed by atoms with van der Waals surface area (Å²) in [4.78, 5) is 51.9. The minimum absolute atomic E-state index is 0.874. The first-order valence-electron chi connectivity index (χ1n) is 38.4. The molecule has 53 heteroatoms. The maximum absolute atomic E-state index is 13.5. The van der Waals surface area contributed by atoms with Gasteiger partial charge in [-0.25, -0.2) is 0 Å². The van der Waals surface area contributed by atoms with Gasteiger partial charge in [0.2, 0.25) is 23.6 Å². The molecule has 30 N–H and O–H groups in total. The summed E-state index contributed by atoms with van der Waals surface area (Å²) in [5, 5.41) is 301. The SMILES string of the molecule is CC(=O)N[C@@H]1[C@@H](O[C@H]2O[C@H](C)[C@H](O)[C@H](O)[C@H]2O)[C@H](O[C@@H]2O[C@H](CO)[C@@H](O[C@@H]3O[C@H](CO[C@H]4O[C@H](CO)[C@@H](O)[C@H](O)[C@@H]4O[C@@H]4O[C@H](CO)[C@@H](O[C@@H]5O[C@H](CO)[C@H](O)[C@H](O)[C@H]5O)[C@H](O)[C@H]4NC(C)=O)[C@@H](O)[C@H](O[C@H]4O[C@H](CO)[C@@H](O)[C@H](O)[C@@H]4O[C@@H]4O[C@H](CO)[C@@H](O)[C@H](O)[C@H]4NC(C)=O)[C@@H]3O[C@@H]3OC[C@@H](O)[C@H](O)[C@H]3O)[C@H](O)[C@H]2NC(C)=O)[C@@H](CO)O[C@H]1O. The van der Waals surface area contributed by atoms with Gasteiger partial charge in [0, 0.05) is 27.7 Å². The number of aliphatic hydroxyl groups is 26. The number of hydrogen-bond acceptors (Lipinski definition) is 49. The van der Waals surface area contributed by atoms with Gasteiger partial charge in [-0.1, -0.05) is 0 Å². The highest BCUT2D eigenvalue weighted by atomic mass is 16.8. The van der Waals surface area contributed by atoms with Gasteiger partial charge in [-0.05, 0) is 6.92 Å². The largest absolute Gasteiger partial charge is 0.394 e. The molecular formula is C67H112N4O49. The quantitative estimate of drug-likeness (QED) is 0.0318. The van der Waals surface area contributed by atoms with Crippen LogP contribution in [0.2, 0.25) is 0 Å². The zero-order chi connectivity index (χ0) is 88.2. The van der Waals surface area contributed by atoms with Crippen molar-refractivity contribution in [1.82, 2.24) is 21.3 Å². The van der Waals surface area contributed by atoms with Crippen molar-refractivity contribution in [2.24, 2.45) is 0 Å². The topological polar surface area (TPSA) is 818 Å². The lowest BCUT2D eigenvalue weighted by Gasteiger charge is -2.52. The minimum Gasteiger partial charge on any atom is -0.394 e. The van der Waals surface area contributed by atoms with E-state index in [0.717, 1.165) is 27.7 Å². The van der Waals surface area contributed by atoms with Crippen LogP contribution in [0, 0.1) is 0 Å². The third-order valence-electron chi connectivity index (χ3n) is 22.0. The standard InChI is InChI=1S/C67H112N4O49/c1-15-33(84)43(94)48(99)63(104-15)116-53-32(71-19(5)82)58(101)105-27(12-78)52(53)115-60-30(69-17(3)80)42(93)51(26(11-77)110-60)114-67-57(120-62-47(98)34(85)20(83)13-102-62)54(117-66-56(46(97)38(89)24(9-75)109-66)119-59-29(68-16(2)79)40(91)35(86)21(6-72)106-59)39(90)28(112-67)14-103-65-55(45(96)37(88)23(8-74)108-65)118-61-31(70-18(4)81)41(92)50(25(10-76)111-61)113-64-49(100)44(95)36(87)22(7-73)107-64/h15,20-67,72-78,83-101H,6-14H2,1-5H3,(H,68,79)(H,69,80)(H,70,81)(H,71,82)/t15-,20-,21-,22-,23-,24-,25-,26-,27-,28-,29-,30-,31-,32-,33+,34+,35-,36+,37-,38-,39-,40-,41-,42-,43+,44+,45+,46+,47-,48-,49-,50-,51-,52-,53-,54+,55+,56+,57+,58-,59+,60+,61+,62+,63-,64+,65+,66-,67+/m1/s1. The molecule has 0 radical (unpaired) electrons. The molecule has 120 heavy (non-hydrogen) atoms. The average Bonchev–Trinajstić information content (AvgIpc) is 0.760. The fraction of sp³-hybridized carbons (Fsp3) is 0.940. The van der Waals surface area contributed by atoms with Gasteiger partial charge < -0.3 is 244 Å². The summed E-state index contributed by atoms with van der Waals surface area (Å²) in [7, 11) is 0. The van der Waals surface area contributed by atoms with E-state index in [1.165, 1.54) is 6.92 Å². The normalized spacial score (nSPS) is 49.7. The smallest absolute Gasteiger partial charge is 0.217 e. The zero-order valence-electron chi connectivity index (χ0n) is 64.7. The highest BCUT2D eigenvalue weighted by Crippen LogP contribution is 2.42. The molecule has 0 bridgehead atoms. The van der Waals surface area contributed by atoms with Crippen LogP contribution in [0.5, 0.6) is 0 Å². The van der Waals surface area contributed by atoms with Crippen molar-refractivity contribution in [3.05, 3.63) is 0 Å². The number of carbonyl (C=O) groups is 4. The zero-order valence-corrected chi connectivity index (χ0v) is 64.7. The molecule has 10 fully saturated rings. The van der Waals surface area contributed by atoms with Gasteiger partial charge in [-0.15, -0.1) is 0 Å². The lowest BCUT2D eigenvalue weighted by atomic mass is 9.93. The molecule has 0 aromatic heterocycles. The third kappa shape index (κ3) is 21.6. The number of amides is 4. The van der Waals surface area contributed by atoms with Crippen LogP contribution in [0.1, 0.15) is 34.6 Å². The van der Waals surface area contributed by atoms with E-state index in [9.17, 15) is 152 Å². The number of ether oxygens (including phenoxy) is 19. The maximum Gasteiger partial charge on any atom is 0.217 e. The van der Waals surface area contributed by atoms with Crippen LogP contribution in [-0.4, -0.2) is 517 Å². The molecule has 0 aliphatic carbocycles. The van der Waals surface area contributed by atoms with Crippen LogP contribution in [0.15, 0.2) is 0 Å². The molecule has 694 valence electrons. The fourth-order valence-electron chi connectivity index (χ4n) is 15.6. The van der Waals surface area contributed by atoms with Crippen molar-refractivity contribution in [2.45, 2.75) is 335 Å². The predicted octanol–water partition coefficient (Wildman–Crippen LogP) is -20.6. The number of carbonyl (C=O) groups excluding carboxylic acids is 4. The van der Waals surface area contributed by atoms with Crippen molar-refractivity contribution in [2.75, 3.05) is 59.5 Å². The van der Waals surface area contributed by atoms with Gasteiger partial charge in [0.15, 0.2) is 62.9 Å². The summed E-state index contributed by atoms with van der Waals surface area (Å²) in [6, 6.07) is -7.68. The Bertz CT molecular complexity index is 3230. The first kappa shape index (κ1) is 98.3. The molecular weight excluding hydrogens is 1640 g/mol. The number of hydrogen-bond donors (Lipinski definition) is 30. The second kappa shape index (κ2) is 42.8. The monoisotopic (exact) mass is 1760 g/mol. The number of rotatable bonds is 30. The Morgan fingerprint density at radius 1 is 0.267 bits per heavy atom. The van der Waals surface area contributed by atoms with E-state index in [4.69, 9.17) is 90.0 Å². The van der Waals surface area contributed by atoms with Gasteiger partial charge >= 0.3 is 0 Å². The van der Waals surface area contributed by atoms with Crippen LogP contribution < -0.4 is 21.3 Å². The summed E-state index contributed by atoms with van der Waals surface area (Å²) < 4.78 is 115. The Morgan fingerprint density at radius 3 is 1.07 bits per heavy atom. The number of nitrogens with one attached hydrogen (secondary N) is 4. The van der Waals surface area contributed by atoms with Gasteiger partial charge in [0.05, 0.1) is 65.6 Å². The average molecular weight is 1760 g/mol. The van der Waals surface area contributed by atoms with Crippen molar-refractivity contribution in [3.8, 4) is 0 Å². The van der Waals surface area contributed by atoms with E-state index >= 15 is 0 Å². The Kier molecular flexibility index (Phi) is 35.0. The molecule has 10 saturated heterocycles. The van der Waals surface area contributed by atoms with E-state index in [1.54, 1.807) is 0 Å². The highest BCUT2D eigenvalue weighted by molar-refractivity contribution is 5.74. The van der Waals surface area contributed by atoms with Crippen LogP contribution >= 0.6 is 0 Å². The second-order valence-corrected chi connectivity index (χ2v) is 30.5. The summed E-state index contributed by atoms with van der Waals surface area (Å²) >= 11 is 0. The maximum atomic E-state index is 13.5. The molecule has 10 heterocycles. The van der Waals surface area contributed by atoms with Gasteiger partial charge in [-0.3, -0.25) is 19.2 Å². The molecule has 0 aromatic carbocycles. The summed E-state index contributed by atoms with van der Waals surface area (Å²) in [6.07, 6.45) is -95.2. The van der Waals surface area contributed by atoms with E-state index < -0.39 is 384 Å². The van der Waals surface area contributed by atoms with Crippen molar-refractivity contribution in [3.63, 3.8) is 0 Å². The Labute approximate surface area is 679 Å². The number of aliphatic hydroxyl groups excluding tert-OH is 26. The minimum atomic E-state index is -2.58. The summed E-state index contributed by atoms with van der Waals surface area (Å²) in [5.74, 6) is -3.76. The molecule has 0 saturated carbocycles. The van der Waals surface area contributed by atoms with Crippen LogP contribution in [-0.2, 0) is 109 Å². The van der Waals surface area contributed by atoms with Gasteiger partial charge in [-0.2, -0.15) is 0 Å².